The molecule has 4 heterocycles. The fraction of sp³-hybridized carbons (Fsp3) is 0. The Morgan fingerprint density at radius 3 is 1.70 bits per heavy atom. The molecule has 0 amide bonds. The topological polar surface area (TPSA) is 103 Å². The van der Waals surface area contributed by atoms with E-state index in [1.807, 2.05) is 146 Å². The molecule has 0 atom stereocenters. The highest BCUT2D eigenvalue weighted by atomic mass is 16.3. The van der Waals surface area contributed by atoms with Crippen molar-refractivity contribution < 1.29 is 8.83 Å². The van der Waals surface area contributed by atoms with Gasteiger partial charge >= 0.3 is 0 Å². The van der Waals surface area contributed by atoms with Crippen molar-refractivity contribution in [2.75, 3.05) is 5.32 Å². The molecular formula is C55H34N6O2. The molecule has 1 N–H and O–H groups in total. The summed E-state index contributed by atoms with van der Waals surface area (Å²) >= 11 is 0. The smallest absolute Gasteiger partial charge is 0.180 e. The van der Waals surface area contributed by atoms with Crippen LogP contribution in [0.4, 0.5) is 11.4 Å². The molecule has 12 rings (SSSR count). The van der Waals surface area contributed by atoms with Crippen LogP contribution in [0, 0.1) is 0 Å². The number of nitrogens with one attached hydrogen (secondary N) is 1. The second kappa shape index (κ2) is 15.1. The Morgan fingerprint density at radius 2 is 0.921 bits per heavy atom. The van der Waals surface area contributed by atoms with Crippen molar-refractivity contribution in [3.05, 3.63) is 200 Å². The van der Waals surface area contributed by atoms with Crippen molar-refractivity contribution in [1.82, 2.24) is 24.9 Å². The molecular weight excluding hydrogens is 777 g/mol. The minimum Gasteiger partial charge on any atom is -0.455 e. The van der Waals surface area contributed by atoms with E-state index in [1.54, 1.807) is 0 Å². The molecule has 296 valence electrons. The SMILES string of the molecule is c1ccc(Nc2ccc(-c3nc(-c4ccccc4)nc(-c4cccc5c4oc4cccc(-c6nc(-c7ccccc7)c7oc8ccccc8c7n6)c45)n3)cc2-c2ccccc2)cc1. The number of anilines is 2. The molecule has 8 heteroatoms. The monoisotopic (exact) mass is 810 g/mol. The summed E-state index contributed by atoms with van der Waals surface area (Å²) in [7, 11) is 0. The van der Waals surface area contributed by atoms with Crippen LogP contribution in [0.3, 0.4) is 0 Å². The van der Waals surface area contributed by atoms with Crippen LogP contribution in [0.15, 0.2) is 209 Å². The Balaban J connectivity index is 1.04. The minimum atomic E-state index is 0.492. The van der Waals surface area contributed by atoms with Gasteiger partial charge in [0.1, 0.15) is 28.0 Å². The van der Waals surface area contributed by atoms with Gasteiger partial charge in [0.05, 0.1) is 5.56 Å². The van der Waals surface area contributed by atoms with Crippen molar-refractivity contribution in [2.24, 2.45) is 0 Å². The molecule has 0 bridgehead atoms. The van der Waals surface area contributed by atoms with Crippen molar-refractivity contribution in [3.8, 4) is 67.9 Å². The van der Waals surface area contributed by atoms with E-state index in [0.29, 0.717) is 40.0 Å². The summed E-state index contributed by atoms with van der Waals surface area (Å²) in [5.74, 6) is 2.16. The highest BCUT2D eigenvalue weighted by molar-refractivity contribution is 6.15. The fourth-order valence-corrected chi connectivity index (χ4v) is 8.38. The van der Waals surface area contributed by atoms with Gasteiger partial charge < -0.3 is 14.2 Å². The summed E-state index contributed by atoms with van der Waals surface area (Å²) in [6.45, 7) is 0. The molecule has 4 aromatic heterocycles. The summed E-state index contributed by atoms with van der Waals surface area (Å²) in [6, 6.07) is 67.0. The number of fused-ring (bicyclic) bond motifs is 6. The van der Waals surface area contributed by atoms with E-state index in [4.69, 9.17) is 33.8 Å². The molecule has 0 spiro atoms. The summed E-state index contributed by atoms with van der Waals surface area (Å²) in [6.07, 6.45) is 0. The first kappa shape index (κ1) is 36.1. The molecule has 63 heavy (non-hydrogen) atoms. The van der Waals surface area contributed by atoms with Crippen LogP contribution >= 0.6 is 0 Å². The average Bonchev–Trinajstić information content (AvgIpc) is 3.94. The zero-order chi connectivity index (χ0) is 41.7. The van der Waals surface area contributed by atoms with Crippen LogP contribution < -0.4 is 5.32 Å². The van der Waals surface area contributed by atoms with Gasteiger partial charge in [0.25, 0.3) is 0 Å². The van der Waals surface area contributed by atoms with E-state index in [1.165, 1.54) is 0 Å². The Labute approximate surface area is 361 Å². The molecule has 0 saturated carbocycles. The number of para-hydroxylation sites is 3. The van der Waals surface area contributed by atoms with E-state index >= 15 is 0 Å². The van der Waals surface area contributed by atoms with Gasteiger partial charge in [0.2, 0.25) is 0 Å². The third kappa shape index (κ3) is 6.45. The molecule has 0 aliphatic rings. The number of aromatic nitrogens is 5. The molecule has 8 aromatic carbocycles. The molecule has 0 unspecified atom stereocenters. The predicted octanol–water partition coefficient (Wildman–Crippen LogP) is 14.2. The third-order valence-electron chi connectivity index (χ3n) is 11.4. The largest absolute Gasteiger partial charge is 0.455 e. The van der Waals surface area contributed by atoms with E-state index in [2.05, 4.69) is 59.9 Å². The highest BCUT2D eigenvalue weighted by Gasteiger charge is 2.23. The van der Waals surface area contributed by atoms with E-state index in [9.17, 15) is 0 Å². The minimum absolute atomic E-state index is 0.492. The second-order valence-corrected chi connectivity index (χ2v) is 15.3. The average molecular weight is 811 g/mol. The van der Waals surface area contributed by atoms with Crippen LogP contribution in [0.5, 0.6) is 0 Å². The number of rotatable bonds is 8. The predicted molar refractivity (Wildman–Crippen MR) is 252 cm³/mol. The van der Waals surface area contributed by atoms with Crippen molar-refractivity contribution in [3.63, 3.8) is 0 Å². The first-order chi connectivity index (χ1) is 31.2. The van der Waals surface area contributed by atoms with E-state index < -0.39 is 0 Å². The Hall–Kier alpha value is -8.75. The summed E-state index contributed by atoms with van der Waals surface area (Å²) < 4.78 is 13.2. The number of furan rings is 2. The van der Waals surface area contributed by atoms with Gasteiger partial charge in [-0.1, -0.05) is 146 Å². The zero-order valence-electron chi connectivity index (χ0n) is 33.6. The standard InChI is InChI=1S/C55H34N6O2/c1-5-17-34(18-6-1)43-33-37(31-32-44(43)56-38-23-11-4-12-24-38)53-59-52(36-21-9-3-10-22-36)60-55(61-53)42-28-15-26-40-47-41(27-16-30-46(47)63-50(40)42)54-57-48(35-19-7-2-8-20-35)51-49(58-54)39-25-13-14-29-45(39)62-51/h1-33,56H. The van der Waals surface area contributed by atoms with Crippen LogP contribution in [-0.4, -0.2) is 24.9 Å². The van der Waals surface area contributed by atoms with Gasteiger partial charge in [0.15, 0.2) is 28.9 Å². The first-order valence-corrected chi connectivity index (χ1v) is 20.7. The first-order valence-electron chi connectivity index (χ1n) is 20.7. The Kier molecular flexibility index (Phi) is 8.64. The van der Waals surface area contributed by atoms with Gasteiger partial charge in [-0.25, -0.2) is 24.9 Å². The number of nitrogens with zero attached hydrogens (tertiary/aromatic N) is 5. The lowest BCUT2D eigenvalue weighted by molar-refractivity contribution is 0.667. The summed E-state index contributed by atoms with van der Waals surface area (Å²) in [5.41, 5.74) is 12.5. The molecule has 0 fully saturated rings. The van der Waals surface area contributed by atoms with Crippen molar-refractivity contribution >= 4 is 55.4 Å². The summed E-state index contributed by atoms with van der Waals surface area (Å²) in [5, 5.41) is 6.34. The normalized spacial score (nSPS) is 11.5. The van der Waals surface area contributed by atoms with E-state index in [-0.39, 0.29) is 0 Å². The van der Waals surface area contributed by atoms with Crippen molar-refractivity contribution in [2.45, 2.75) is 0 Å². The second-order valence-electron chi connectivity index (χ2n) is 15.3. The lowest BCUT2D eigenvalue weighted by atomic mass is 10.00. The zero-order valence-corrected chi connectivity index (χ0v) is 33.6. The van der Waals surface area contributed by atoms with Crippen LogP contribution in [0.25, 0.3) is 112 Å². The third-order valence-corrected chi connectivity index (χ3v) is 11.4. The molecule has 0 aliphatic carbocycles. The maximum absolute atomic E-state index is 6.82. The number of benzene rings is 8. The molecule has 0 radical (unpaired) electrons. The summed E-state index contributed by atoms with van der Waals surface area (Å²) in [4.78, 5) is 25.9. The fourth-order valence-electron chi connectivity index (χ4n) is 8.38. The van der Waals surface area contributed by atoms with Gasteiger partial charge in [-0.3, -0.25) is 0 Å². The molecule has 8 nitrogen and oxygen atoms in total. The van der Waals surface area contributed by atoms with E-state index in [0.717, 1.165) is 83.3 Å². The van der Waals surface area contributed by atoms with Gasteiger partial charge in [0, 0.05) is 55.4 Å². The van der Waals surface area contributed by atoms with Gasteiger partial charge in [-0.15, -0.1) is 0 Å². The molecule has 0 saturated heterocycles. The molecule has 0 aliphatic heterocycles. The quantitative estimate of drug-likeness (QED) is 0.162. The van der Waals surface area contributed by atoms with Crippen molar-refractivity contribution in [1.29, 1.82) is 0 Å². The lowest BCUT2D eigenvalue weighted by Crippen LogP contribution is -2.01. The lowest BCUT2D eigenvalue weighted by Gasteiger charge is -2.15. The highest BCUT2D eigenvalue weighted by Crippen LogP contribution is 2.42. The van der Waals surface area contributed by atoms with Gasteiger partial charge in [-0.05, 0) is 60.2 Å². The molecule has 12 aromatic rings. The Morgan fingerprint density at radius 1 is 0.349 bits per heavy atom. The van der Waals surface area contributed by atoms with Crippen LogP contribution in [0.2, 0.25) is 0 Å². The van der Waals surface area contributed by atoms with Crippen LogP contribution in [-0.2, 0) is 0 Å². The van der Waals surface area contributed by atoms with Gasteiger partial charge in [-0.2, -0.15) is 0 Å². The number of hydrogen-bond acceptors (Lipinski definition) is 8. The maximum Gasteiger partial charge on any atom is 0.180 e. The number of hydrogen-bond donors (Lipinski definition) is 1. The van der Waals surface area contributed by atoms with Crippen LogP contribution in [0.1, 0.15) is 0 Å². The maximum atomic E-state index is 6.82. The Bertz CT molecular complexity index is 3650.